The van der Waals surface area contributed by atoms with Crippen LogP contribution >= 0.6 is 24.8 Å². The van der Waals surface area contributed by atoms with Crippen LogP contribution in [0.5, 0.6) is 5.75 Å². The first-order chi connectivity index (χ1) is 9.66. The fourth-order valence-corrected chi connectivity index (χ4v) is 3.02. The van der Waals surface area contributed by atoms with Gasteiger partial charge in [0.2, 0.25) is 0 Å². The summed E-state index contributed by atoms with van der Waals surface area (Å²) in [5.41, 5.74) is 0.766. The molecule has 1 saturated carbocycles. The molecule has 2 N–H and O–H groups in total. The van der Waals surface area contributed by atoms with Crippen LogP contribution in [0.15, 0.2) is 18.2 Å². The highest BCUT2D eigenvalue weighted by Gasteiger charge is 2.37. The molecule has 1 heterocycles. The minimum absolute atomic E-state index is 0. The summed E-state index contributed by atoms with van der Waals surface area (Å²) in [4.78, 5) is 12.9. The van der Waals surface area contributed by atoms with E-state index in [0.717, 1.165) is 31.7 Å². The van der Waals surface area contributed by atoms with Crippen LogP contribution in [0.2, 0.25) is 0 Å². The average molecular weight is 350 g/mol. The summed E-state index contributed by atoms with van der Waals surface area (Å²) in [7, 11) is 0. The van der Waals surface area contributed by atoms with Gasteiger partial charge in [-0.25, -0.2) is 0 Å². The lowest BCUT2D eigenvalue weighted by Crippen LogP contribution is -2.45. The normalized spacial score (nSPS) is 19.6. The summed E-state index contributed by atoms with van der Waals surface area (Å²) in [5, 5.41) is 23.9. The molecule has 2 aliphatic rings. The number of nitrogens with one attached hydrogen (secondary N) is 1. The van der Waals surface area contributed by atoms with E-state index < -0.39 is 4.92 Å². The molecule has 22 heavy (non-hydrogen) atoms. The van der Waals surface area contributed by atoms with E-state index in [9.17, 15) is 15.2 Å². The van der Waals surface area contributed by atoms with Gasteiger partial charge in [0.15, 0.2) is 5.75 Å². The number of halogens is 2. The molecule has 1 saturated heterocycles. The first-order valence-electron chi connectivity index (χ1n) is 7.09. The number of phenols is 1. The van der Waals surface area contributed by atoms with Crippen molar-refractivity contribution in [2.24, 2.45) is 5.92 Å². The molecule has 1 aromatic carbocycles. The Morgan fingerprint density at radius 1 is 1.27 bits per heavy atom. The predicted molar refractivity (Wildman–Crippen MR) is 89.2 cm³/mol. The summed E-state index contributed by atoms with van der Waals surface area (Å²) < 4.78 is 0. The zero-order valence-corrected chi connectivity index (χ0v) is 13.7. The molecular formula is C14H21Cl2N3O3. The summed E-state index contributed by atoms with van der Waals surface area (Å²) in [6, 6.07) is 5.06. The van der Waals surface area contributed by atoms with Crippen molar-refractivity contribution >= 4 is 30.5 Å². The minimum Gasteiger partial charge on any atom is -0.502 e. The minimum atomic E-state index is -0.513. The van der Waals surface area contributed by atoms with Crippen LogP contribution in [0.25, 0.3) is 0 Å². The Balaban J connectivity index is 0.00000121. The van der Waals surface area contributed by atoms with Crippen LogP contribution in [0.1, 0.15) is 24.4 Å². The van der Waals surface area contributed by atoms with E-state index in [1.807, 2.05) is 6.07 Å². The summed E-state index contributed by atoms with van der Waals surface area (Å²) >= 11 is 0. The van der Waals surface area contributed by atoms with Gasteiger partial charge in [-0.15, -0.1) is 24.8 Å². The van der Waals surface area contributed by atoms with Gasteiger partial charge in [-0.05, 0) is 30.4 Å². The number of benzene rings is 1. The smallest absolute Gasteiger partial charge is 0.311 e. The fraction of sp³-hybridized carbons (Fsp3) is 0.571. The van der Waals surface area contributed by atoms with Gasteiger partial charge in [-0.3, -0.25) is 15.0 Å². The first kappa shape index (κ1) is 19.0. The molecule has 1 aliphatic heterocycles. The third-order valence-corrected chi connectivity index (χ3v) is 4.15. The molecule has 6 nitrogen and oxygen atoms in total. The van der Waals surface area contributed by atoms with E-state index in [1.54, 1.807) is 6.07 Å². The lowest BCUT2D eigenvalue weighted by atomic mass is 9.99. The number of nitro groups is 1. The van der Waals surface area contributed by atoms with Gasteiger partial charge in [-0.1, -0.05) is 6.07 Å². The quantitative estimate of drug-likeness (QED) is 0.644. The van der Waals surface area contributed by atoms with E-state index in [0.29, 0.717) is 5.92 Å². The van der Waals surface area contributed by atoms with Gasteiger partial charge in [0.1, 0.15) is 0 Å². The SMILES string of the molecule is Cl.Cl.O=[N+]([O-])c1cc([C@@H](C2CC2)N2CCNCC2)ccc1O. The highest BCUT2D eigenvalue weighted by Crippen LogP contribution is 2.45. The molecule has 1 aromatic rings. The topological polar surface area (TPSA) is 78.6 Å². The van der Waals surface area contributed by atoms with Gasteiger partial charge < -0.3 is 10.4 Å². The second-order valence-electron chi connectivity index (χ2n) is 5.57. The van der Waals surface area contributed by atoms with Gasteiger partial charge in [-0.2, -0.15) is 0 Å². The second kappa shape index (κ2) is 7.97. The van der Waals surface area contributed by atoms with Crippen LogP contribution in [-0.4, -0.2) is 41.1 Å². The number of aromatic hydroxyl groups is 1. The second-order valence-corrected chi connectivity index (χ2v) is 5.57. The number of nitrogens with zero attached hydrogens (tertiary/aromatic N) is 2. The molecule has 0 spiro atoms. The number of rotatable bonds is 4. The van der Waals surface area contributed by atoms with E-state index in [1.165, 1.54) is 18.9 Å². The lowest BCUT2D eigenvalue weighted by Gasteiger charge is -2.35. The Morgan fingerprint density at radius 3 is 2.45 bits per heavy atom. The fourth-order valence-electron chi connectivity index (χ4n) is 3.02. The van der Waals surface area contributed by atoms with Crippen molar-refractivity contribution in [1.82, 2.24) is 10.2 Å². The summed E-state index contributed by atoms with van der Waals surface area (Å²) in [5.74, 6) is 0.339. The number of phenolic OH excluding ortho intramolecular Hbond substituents is 1. The average Bonchev–Trinajstić information content (AvgIpc) is 3.26. The van der Waals surface area contributed by atoms with Crippen LogP contribution in [0.4, 0.5) is 5.69 Å². The first-order valence-corrected chi connectivity index (χ1v) is 7.09. The van der Waals surface area contributed by atoms with Crippen LogP contribution in [0.3, 0.4) is 0 Å². The van der Waals surface area contributed by atoms with Crippen LogP contribution < -0.4 is 5.32 Å². The van der Waals surface area contributed by atoms with E-state index in [4.69, 9.17) is 0 Å². The van der Waals surface area contributed by atoms with Gasteiger partial charge in [0.05, 0.1) is 4.92 Å². The summed E-state index contributed by atoms with van der Waals surface area (Å²) in [6.45, 7) is 3.86. The standard InChI is InChI=1S/C14H19N3O3.2ClH/c18-13-4-3-11(9-12(13)17(19)20)14(10-1-2-10)16-7-5-15-6-8-16;;/h3-4,9-10,14-15,18H,1-2,5-8H2;2*1H/t14-;;/m1../s1. The van der Waals surface area contributed by atoms with Crippen molar-refractivity contribution in [1.29, 1.82) is 0 Å². The maximum Gasteiger partial charge on any atom is 0.311 e. The molecule has 8 heteroatoms. The third-order valence-electron chi connectivity index (χ3n) is 4.15. The summed E-state index contributed by atoms with van der Waals surface area (Å²) in [6.07, 6.45) is 2.37. The zero-order valence-electron chi connectivity index (χ0n) is 12.1. The van der Waals surface area contributed by atoms with Gasteiger partial charge in [0.25, 0.3) is 0 Å². The Bertz CT molecular complexity index is 520. The Labute approximate surface area is 141 Å². The highest BCUT2D eigenvalue weighted by atomic mass is 35.5. The third kappa shape index (κ3) is 4.01. The van der Waals surface area contributed by atoms with Crippen molar-refractivity contribution in [3.63, 3.8) is 0 Å². The zero-order chi connectivity index (χ0) is 14.1. The van der Waals surface area contributed by atoms with E-state index >= 15 is 0 Å². The molecule has 0 aromatic heterocycles. The molecule has 3 rings (SSSR count). The Kier molecular flexibility index (Phi) is 6.87. The largest absolute Gasteiger partial charge is 0.502 e. The van der Waals surface area contributed by atoms with Crippen molar-refractivity contribution < 1.29 is 10.0 Å². The lowest BCUT2D eigenvalue weighted by molar-refractivity contribution is -0.386. The van der Waals surface area contributed by atoms with Crippen molar-refractivity contribution in [3.05, 3.63) is 33.9 Å². The Morgan fingerprint density at radius 2 is 1.91 bits per heavy atom. The number of hydrogen-bond acceptors (Lipinski definition) is 5. The molecule has 0 radical (unpaired) electrons. The molecule has 124 valence electrons. The van der Waals surface area contributed by atoms with Crippen LogP contribution in [0, 0.1) is 16.0 Å². The molecule has 0 amide bonds. The molecule has 0 unspecified atom stereocenters. The van der Waals surface area contributed by atoms with Crippen molar-refractivity contribution in [2.45, 2.75) is 18.9 Å². The number of piperazine rings is 1. The van der Waals surface area contributed by atoms with E-state index in [-0.39, 0.29) is 42.3 Å². The maximum absolute atomic E-state index is 11.0. The van der Waals surface area contributed by atoms with Crippen LogP contribution in [-0.2, 0) is 0 Å². The maximum atomic E-state index is 11.0. The van der Waals surface area contributed by atoms with Gasteiger partial charge >= 0.3 is 5.69 Å². The van der Waals surface area contributed by atoms with Crippen molar-refractivity contribution in [3.8, 4) is 5.75 Å². The monoisotopic (exact) mass is 349 g/mol. The predicted octanol–water partition coefficient (Wildman–Crippen LogP) is 2.50. The molecule has 1 atom stereocenters. The molecule has 0 bridgehead atoms. The van der Waals surface area contributed by atoms with E-state index in [2.05, 4.69) is 10.2 Å². The van der Waals surface area contributed by atoms with Gasteiger partial charge in [0, 0.05) is 38.3 Å². The Hall–Kier alpha value is -1.08. The highest BCUT2D eigenvalue weighted by molar-refractivity contribution is 5.85. The van der Waals surface area contributed by atoms with Crippen molar-refractivity contribution in [2.75, 3.05) is 26.2 Å². The number of hydrogen-bond donors (Lipinski definition) is 2. The molecule has 2 fully saturated rings. The molecular weight excluding hydrogens is 329 g/mol. The number of nitro benzene ring substituents is 1. The molecule has 1 aliphatic carbocycles.